The van der Waals surface area contributed by atoms with Gasteiger partial charge in [0.05, 0.1) is 6.61 Å². The summed E-state index contributed by atoms with van der Waals surface area (Å²) in [6.45, 7) is 8.83. The van der Waals surface area contributed by atoms with Crippen molar-refractivity contribution >= 4 is 0 Å². The second kappa shape index (κ2) is 7.20. The Labute approximate surface area is 93.9 Å². The van der Waals surface area contributed by atoms with Crippen molar-refractivity contribution in [1.29, 1.82) is 0 Å². The maximum atomic E-state index is 9.04. The summed E-state index contributed by atoms with van der Waals surface area (Å²) in [5, 5.41) is 12.4. The molecule has 2 N–H and O–H groups in total. The van der Waals surface area contributed by atoms with Crippen molar-refractivity contribution in [2.75, 3.05) is 32.8 Å². The molecule has 1 aliphatic carbocycles. The minimum atomic E-state index is 0.296. The van der Waals surface area contributed by atoms with Gasteiger partial charge in [-0.3, -0.25) is 4.90 Å². The highest BCUT2D eigenvalue weighted by Gasteiger charge is 2.25. The Morgan fingerprint density at radius 1 is 1.47 bits per heavy atom. The summed E-state index contributed by atoms with van der Waals surface area (Å²) in [4.78, 5) is 2.46. The molecule has 0 radical (unpaired) electrons. The fourth-order valence-corrected chi connectivity index (χ4v) is 2.16. The van der Waals surface area contributed by atoms with Crippen LogP contribution in [0.25, 0.3) is 0 Å². The summed E-state index contributed by atoms with van der Waals surface area (Å²) in [7, 11) is 0. The summed E-state index contributed by atoms with van der Waals surface area (Å²) >= 11 is 0. The monoisotopic (exact) mass is 214 g/mol. The number of nitrogens with one attached hydrogen (secondary N) is 1. The first-order valence-electron chi connectivity index (χ1n) is 6.33. The van der Waals surface area contributed by atoms with Gasteiger partial charge in [0.15, 0.2) is 0 Å². The van der Waals surface area contributed by atoms with E-state index in [2.05, 4.69) is 24.1 Å². The van der Waals surface area contributed by atoms with Gasteiger partial charge in [-0.1, -0.05) is 20.3 Å². The SMILES string of the molecule is CCNCC(C)CN(CCO)C1CCC1. The average molecular weight is 214 g/mol. The summed E-state index contributed by atoms with van der Waals surface area (Å²) < 4.78 is 0. The van der Waals surface area contributed by atoms with Gasteiger partial charge in [-0.2, -0.15) is 0 Å². The van der Waals surface area contributed by atoms with Crippen LogP contribution in [0.5, 0.6) is 0 Å². The molecule has 90 valence electrons. The zero-order valence-corrected chi connectivity index (χ0v) is 10.2. The first-order chi connectivity index (χ1) is 7.27. The lowest BCUT2D eigenvalue weighted by Crippen LogP contribution is -2.45. The van der Waals surface area contributed by atoms with E-state index in [0.717, 1.165) is 32.2 Å². The predicted octanol–water partition coefficient (Wildman–Crippen LogP) is 1.08. The molecule has 3 nitrogen and oxygen atoms in total. The molecule has 0 aromatic carbocycles. The van der Waals surface area contributed by atoms with Gasteiger partial charge < -0.3 is 10.4 Å². The van der Waals surface area contributed by atoms with Crippen LogP contribution in [0.2, 0.25) is 0 Å². The zero-order chi connectivity index (χ0) is 11.1. The van der Waals surface area contributed by atoms with Crippen molar-refractivity contribution in [2.45, 2.75) is 39.2 Å². The fraction of sp³-hybridized carbons (Fsp3) is 1.00. The Hall–Kier alpha value is -0.120. The summed E-state index contributed by atoms with van der Waals surface area (Å²) in [6, 6.07) is 0.751. The molecule has 1 fully saturated rings. The van der Waals surface area contributed by atoms with Gasteiger partial charge in [0.2, 0.25) is 0 Å². The van der Waals surface area contributed by atoms with Gasteiger partial charge in [-0.25, -0.2) is 0 Å². The quantitative estimate of drug-likeness (QED) is 0.634. The maximum Gasteiger partial charge on any atom is 0.0558 e. The Morgan fingerprint density at radius 2 is 2.20 bits per heavy atom. The lowest BCUT2D eigenvalue weighted by molar-refractivity contribution is 0.0874. The van der Waals surface area contributed by atoms with Crippen LogP contribution in [0, 0.1) is 5.92 Å². The minimum absolute atomic E-state index is 0.296. The number of hydrogen-bond donors (Lipinski definition) is 2. The second-order valence-electron chi connectivity index (χ2n) is 4.72. The van der Waals surface area contributed by atoms with Crippen molar-refractivity contribution in [3.8, 4) is 0 Å². The lowest BCUT2D eigenvalue weighted by atomic mass is 9.91. The molecule has 1 aliphatic rings. The van der Waals surface area contributed by atoms with Gasteiger partial charge in [0.1, 0.15) is 0 Å². The first kappa shape index (κ1) is 12.9. The molecule has 0 heterocycles. The van der Waals surface area contributed by atoms with Crippen molar-refractivity contribution in [3.63, 3.8) is 0 Å². The molecule has 0 spiro atoms. The van der Waals surface area contributed by atoms with E-state index in [0.29, 0.717) is 12.5 Å². The van der Waals surface area contributed by atoms with E-state index in [-0.39, 0.29) is 0 Å². The van der Waals surface area contributed by atoms with Gasteiger partial charge in [0, 0.05) is 19.1 Å². The molecule has 0 bridgehead atoms. The van der Waals surface area contributed by atoms with Crippen molar-refractivity contribution < 1.29 is 5.11 Å². The molecule has 15 heavy (non-hydrogen) atoms. The standard InChI is InChI=1S/C12H26N2O/c1-3-13-9-11(2)10-14(7-8-15)12-5-4-6-12/h11-13,15H,3-10H2,1-2H3. The first-order valence-corrected chi connectivity index (χ1v) is 6.33. The highest BCUT2D eigenvalue weighted by atomic mass is 16.3. The third-order valence-electron chi connectivity index (χ3n) is 3.27. The largest absolute Gasteiger partial charge is 0.395 e. The third kappa shape index (κ3) is 4.49. The number of rotatable bonds is 8. The highest BCUT2D eigenvalue weighted by Crippen LogP contribution is 2.25. The number of nitrogens with zero attached hydrogens (tertiary/aromatic N) is 1. The Morgan fingerprint density at radius 3 is 2.67 bits per heavy atom. The van der Waals surface area contributed by atoms with Crippen molar-refractivity contribution in [3.05, 3.63) is 0 Å². The van der Waals surface area contributed by atoms with E-state index < -0.39 is 0 Å². The lowest BCUT2D eigenvalue weighted by Gasteiger charge is -2.38. The van der Waals surface area contributed by atoms with Crippen molar-refractivity contribution in [1.82, 2.24) is 10.2 Å². The van der Waals surface area contributed by atoms with Crippen LogP contribution in [-0.2, 0) is 0 Å². The summed E-state index contributed by atoms with van der Waals surface area (Å²) in [5.41, 5.74) is 0. The topological polar surface area (TPSA) is 35.5 Å². The van der Waals surface area contributed by atoms with Crippen LogP contribution in [0.3, 0.4) is 0 Å². The minimum Gasteiger partial charge on any atom is -0.395 e. The number of aliphatic hydroxyl groups excluding tert-OH is 1. The van der Waals surface area contributed by atoms with Gasteiger partial charge in [-0.15, -0.1) is 0 Å². The van der Waals surface area contributed by atoms with Crippen LogP contribution in [0.1, 0.15) is 33.1 Å². The van der Waals surface area contributed by atoms with Crippen LogP contribution in [-0.4, -0.2) is 48.8 Å². The molecule has 0 aromatic heterocycles. The molecule has 0 aromatic rings. The smallest absolute Gasteiger partial charge is 0.0558 e. The second-order valence-corrected chi connectivity index (χ2v) is 4.72. The Kier molecular flexibility index (Phi) is 6.22. The molecular formula is C12H26N2O. The van der Waals surface area contributed by atoms with E-state index in [1.165, 1.54) is 19.3 Å². The normalized spacial score (nSPS) is 19.2. The Balaban J connectivity index is 2.22. The summed E-state index contributed by atoms with van der Waals surface area (Å²) in [5.74, 6) is 0.678. The Bertz CT molecular complexity index is 160. The van der Waals surface area contributed by atoms with Gasteiger partial charge in [-0.05, 0) is 31.8 Å². The molecule has 1 unspecified atom stereocenters. The zero-order valence-electron chi connectivity index (χ0n) is 10.2. The predicted molar refractivity (Wildman–Crippen MR) is 64.0 cm³/mol. The van der Waals surface area contributed by atoms with E-state index in [9.17, 15) is 0 Å². The fourth-order valence-electron chi connectivity index (χ4n) is 2.16. The van der Waals surface area contributed by atoms with E-state index in [1.54, 1.807) is 0 Å². The van der Waals surface area contributed by atoms with E-state index >= 15 is 0 Å². The summed E-state index contributed by atoms with van der Waals surface area (Å²) in [6.07, 6.45) is 4.02. The molecule has 1 rings (SSSR count). The van der Waals surface area contributed by atoms with Crippen LogP contribution in [0.4, 0.5) is 0 Å². The molecule has 1 atom stereocenters. The third-order valence-corrected chi connectivity index (χ3v) is 3.27. The molecule has 0 aliphatic heterocycles. The van der Waals surface area contributed by atoms with Gasteiger partial charge >= 0.3 is 0 Å². The average Bonchev–Trinajstić information content (AvgIpc) is 2.12. The van der Waals surface area contributed by atoms with Gasteiger partial charge in [0.25, 0.3) is 0 Å². The molecule has 1 saturated carbocycles. The molecule has 3 heteroatoms. The van der Waals surface area contributed by atoms with Crippen molar-refractivity contribution in [2.24, 2.45) is 5.92 Å². The van der Waals surface area contributed by atoms with E-state index in [1.807, 2.05) is 0 Å². The van der Waals surface area contributed by atoms with E-state index in [4.69, 9.17) is 5.11 Å². The molecule has 0 amide bonds. The van der Waals surface area contributed by atoms with Crippen LogP contribution < -0.4 is 5.32 Å². The van der Waals surface area contributed by atoms with Crippen LogP contribution in [0.15, 0.2) is 0 Å². The number of hydrogen-bond acceptors (Lipinski definition) is 3. The highest BCUT2D eigenvalue weighted by molar-refractivity contribution is 4.81. The van der Waals surface area contributed by atoms with Crippen LogP contribution >= 0.6 is 0 Å². The maximum absolute atomic E-state index is 9.04. The number of aliphatic hydroxyl groups is 1. The molecular weight excluding hydrogens is 188 g/mol. The molecule has 0 saturated heterocycles.